The Hall–Kier alpha value is -2.99. The van der Waals surface area contributed by atoms with Crippen molar-refractivity contribution in [3.8, 4) is 0 Å². The second kappa shape index (κ2) is 6.87. The van der Waals surface area contributed by atoms with Gasteiger partial charge in [-0.2, -0.15) is 0 Å². The molecule has 0 saturated heterocycles. The predicted molar refractivity (Wildman–Crippen MR) is 107 cm³/mol. The number of Topliss-reactive ketones (excluding diaryl/α,β-unsaturated/α-hetero) is 2. The van der Waals surface area contributed by atoms with Crippen LogP contribution in [0.25, 0.3) is 0 Å². The van der Waals surface area contributed by atoms with Crippen molar-refractivity contribution in [2.75, 3.05) is 7.11 Å². The van der Waals surface area contributed by atoms with E-state index in [1.54, 1.807) is 31.2 Å². The van der Waals surface area contributed by atoms with E-state index in [0.29, 0.717) is 22.4 Å². The Morgan fingerprint density at radius 1 is 1.04 bits per heavy atom. The van der Waals surface area contributed by atoms with E-state index in [0.717, 1.165) is 10.0 Å². The van der Waals surface area contributed by atoms with Crippen LogP contribution in [-0.2, 0) is 9.53 Å². The van der Waals surface area contributed by atoms with Crippen molar-refractivity contribution in [1.29, 1.82) is 0 Å². The highest BCUT2D eigenvalue weighted by Crippen LogP contribution is 2.43. The lowest BCUT2D eigenvalue weighted by Gasteiger charge is -2.33. The minimum absolute atomic E-state index is 0.221. The number of nitrogens with one attached hydrogen (secondary N) is 1. The molecule has 1 aliphatic carbocycles. The number of benzene rings is 2. The van der Waals surface area contributed by atoms with E-state index in [1.807, 2.05) is 24.3 Å². The Morgan fingerprint density at radius 2 is 1.71 bits per heavy atom. The van der Waals surface area contributed by atoms with Gasteiger partial charge < -0.3 is 10.1 Å². The van der Waals surface area contributed by atoms with Crippen molar-refractivity contribution < 1.29 is 19.1 Å². The van der Waals surface area contributed by atoms with Gasteiger partial charge in [0.25, 0.3) is 0 Å². The fraction of sp³-hybridized carbons (Fsp3) is 0.136. The molecule has 0 radical (unpaired) electrons. The summed E-state index contributed by atoms with van der Waals surface area (Å²) in [7, 11) is 1.30. The van der Waals surface area contributed by atoms with Gasteiger partial charge >= 0.3 is 5.97 Å². The van der Waals surface area contributed by atoms with Gasteiger partial charge in [0.05, 0.1) is 18.4 Å². The molecule has 1 atom stereocenters. The molecule has 0 fully saturated rings. The molecule has 0 spiro atoms. The van der Waals surface area contributed by atoms with E-state index >= 15 is 0 Å². The summed E-state index contributed by atoms with van der Waals surface area (Å²) in [6.45, 7) is 1.71. The Bertz CT molecular complexity index is 1110. The molecule has 0 amide bonds. The van der Waals surface area contributed by atoms with E-state index in [1.165, 1.54) is 7.11 Å². The lowest BCUT2D eigenvalue weighted by Crippen LogP contribution is -2.38. The third kappa shape index (κ3) is 2.72. The topological polar surface area (TPSA) is 72.5 Å². The quantitative estimate of drug-likeness (QED) is 0.720. The summed E-state index contributed by atoms with van der Waals surface area (Å²) in [6.07, 6.45) is 0. The lowest BCUT2D eigenvalue weighted by atomic mass is 9.73. The number of halogens is 1. The monoisotopic (exact) mass is 437 g/mol. The summed E-state index contributed by atoms with van der Waals surface area (Å²) in [6, 6.07) is 14.1. The number of ketones is 2. The maximum absolute atomic E-state index is 13.4. The van der Waals surface area contributed by atoms with E-state index in [-0.39, 0.29) is 22.8 Å². The maximum atomic E-state index is 13.4. The summed E-state index contributed by atoms with van der Waals surface area (Å²) in [5.74, 6) is -1.77. The highest BCUT2D eigenvalue weighted by Gasteiger charge is 2.43. The van der Waals surface area contributed by atoms with Crippen molar-refractivity contribution >= 4 is 33.5 Å². The van der Waals surface area contributed by atoms with Gasteiger partial charge in [-0.1, -0.05) is 52.3 Å². The number of hydrogen-bond donors (Lipinski definition) is 1. The number of rotatable bonds is 2. The summed E-state index contributed by atoms with van der Waals surface area (Å²) >= 11 is 3.44. The first kappa shape index (κ1) is 18.4. The number of fused-ring (bicyclic) bond motifs is 1. The molecular weight excluding hydrogens is 422 g/mol. The molecule has 2 aromatic rings. The Morgan fingerprint density at radius 3 is 2.36 bits per heavy atom. The largest absolute Gasteiger partial charge is 0.466 e. The molecule has 0 bridgehead atoms. The average Bonchev–Trinajstić information content (AvgIpc) is 2.70. The number of hydrogen-bond acceptors (Lipinski definition) is 5. The van der Waals surface area contributed by atoms with Crippen LogP contribution in [0.15, 0.2) is 75.5 Å². The molecule has 1 heterocycles. The standard InChI is InChI=1S/C22H16BrNO4/c1-11-16(22(27)28-2)17(12-6-5-7-13(23)10-12)18-19(24-11)21(26)15-9-4-3-8-14(15)20(18)25/h3-10,17,24H,1-2H3. The van der Waals surface area contributed by atoms with Crippen molar-refractivity contribution in [3.63, 3.8) is 0 Å². The first-order valence-electron chi connectivity index (χ1n) is 8.68. The highest BCUT2D eigenvalue weighted by atomic mass is 79.9. The molecule has 0 saturated carbocycles. The summed E-state index contributed by atoms with van der Waals surface area (Å²) in [5.41, 5.74) is 2.74. The zero-order chi connectivity index (χ0) is 20.0. The van der Waals surface area contributed by atoms with Gasteiger partial charge in [-0.05, 0) is 24.6 Å². The van der Waals surface area contributed by atoms with Crippen LogP contribution in [0, 0.1) is 0 Å². The molecule has 1 aliphatic heterocycles. The third-order valence-electron chi connectivity index (χ3n) is 5.04. The Labute approximate surface area is 170 Å². The fourth-order valence-corrected chi connectivity index (χ4v) is 4.23. The zero-order valence-corrected chi connectivity index (χ0v) is 16.8. The SMILES string of the molecule is COC(=O)C1=C(C)NC2=C(C(=O)c3ccccc3C2=O)C1c1cccc(Br)c1. The lowest BCUT2D eigenvalue weighted by molar-refractivity contribution is -0.136. The van der Waals surface area contributed by atoms with Crippen LogP contribution in [-0.4, -0.2) is 24.6 Å². The second-order valence-electron chi connectivity index (χ2n) is 6.64. The first-order valence-corrected chi connectivity index (χ1v) is 9.47. The molecule has 4 rings (SSSR count). The van der Waals surface area contributed by atoms with Crippen molar-refractivity contribution in [2.24, 2.45) is 0 Å². The third-order valence-corrected chi connectivity index (χ3v) is 5.53. The number of carbonyl (C=O) groups is 3. The van der Waals surface area contributed by atoms with Gasteiger partial charge in [0.1, 0.15) is 0 Å². The van der Waals surface area contributed by atoms with Gasteiger partial charge in [-0.15, -0.1) is 0 Å². The molecule has 1 N–H and O–H groups in total. The van der Waals surface area contributed by atoms with Crippen LogP contribution >= 0.6 is 15.9 Å². The van der Waals surface area contributed by atoms with Crippen LogP contribution in [0.1, 0.15) is 39.1 Å². The molecule has 5 nitrogen and oxygen atoms in total. The summed E-state index contributed by atoms with van der Waals surface area (Å²) < 4.78 is 5.79. The zero-order valence-electron chi connectivity index (χ0n) is 15.2. The van der Waals surface area contributed by atoms with Crippen molar-refractivity contribution in [3.05, 3.63) is 92.2 Å². The van der Waals surface area contributed by atoms with Crippen LogP contribution in [0.3, 0.4) is 0 Å². The van der Waals surface area contributed by atoms with Gasteiger partial charge in [0.2, 0.25) is 5.78 Å². The van der Waals surface area contributed by atoms with E-state index in [2.05, 4.69) is 21.2 Å². The van der Waals surface area contributed by atoms with E-state index in [4.69, 9.17) is 4.74 Å². The Balaban J connectivity index is 1.99. The van der Waals surface area contributed by atoms with Gasteiger partial charge in [0, 0.05) is 32.8 Å². The molecule has 2 aromatic carbocycles. The number of ether oxygens (including phenoxy) is 1. The second-order valence-corrected chi connectivity index (χ2v) is 7.55. The minimum atomic E-state index is -0.703. The highest BCUT2D eigenvalue weighted by molar-refractivity contribution is 9.10. The first-order chi connectivity index (χ1) is 13.4. The fourth-order valence-electron chi connectivity index (χ4n) is 3.81. The molecular formula is C22H16BrNO4. The molecule has 0 aromatic heterocycles. The number of esters is 1. The molecule has 28 heavy (non-hydrogen) atoms. The van der Waals surface area contributed by atoms with Crippen molar-refractivity contribution in [2.45, 2.75) is 12.8 Å². The average molecular weight is 438 g/mol. The van der Waals surface area contributed by atoms with Gasteiger partial charge in [-0.25, -0.2) is 4.79 Å². The molecule has 2 aliphatic rings. The van der Waals surface area contributed by atoms with E-state index < -0.39 is 11.9 Å². The summed E-state index contributed by atoms with van der Waals surface area (Å²) in [5, 5.41) is 3.00. The minimum Gasteiger partial charge on any atom is -0.466 e. The van der Waals surface area contributed by atoms with Crippen LogP contribution in [0.5, 0.6) is 0 Å². The number of allylic oxidation sites excluding steroid dienone is 3. The number of carbonyl (C=O) groups excluding carboxylic acids is 3. The van der Waals surface area contributed by atoms with E-state index in [9.17, 15) is 14.4 Å². The van der Waals surface area contributed by atoms with Gasteiger partial charge in [-0.3, -0.25) is 9.59 Å². The number of methoxy groups -OCH3 is 1. The van der Waals surface area contributed by atoms with Gasteiger partial charge in [0.15, 0.2) is 5.78 Å². The predicted octanol–water partition coefficient (Wildman–Crippen LogP) is 3.92. The molecule has 6 heteroatoms. The van der Waals surface area contributed by atoms with Crippen LogP contribution in [0.2, 0.25) is 0 Å². The van der Waals surface area contributed by atoms with Crippen molar-refractivity contribution in [1.82, 2.24) is 5.32 Å². The Kier molecular flexibility index (Phi) is 4.51. The normalized spacial score (nSPS) is 18.5. The van der Waals surface area contributed by atoms with Crippen LogP contribution in [0.4, 0.5) is 0 Å². The molecule has 140 valence electrons. The maximum Gasteiger partial charge on any atom is 0.336 e. The molecule has 1 unspecified atom stereocenters. The number of dihydropyridines is 1. The van der Waals surface area contributed by atoms with Crippen LogP contribution < -0.4 is 5.32 Å². The smallest absolute Gasteiger partial charge is 0.336 e. The summed E-state index contributed by atoms with van der Waals surface area (Å²) in [4.78, 5) is 39.1.